The van der Waals surface area contributed by atoms with Gasteiger partial charge in [0, 0.05) is 55.7 Å². The van der Waals surface area contributed by atoms with Crippen LogP contribution >= 0.6 is 0 Å². The molecular weight excluding hydrogens is 551 g/mol. The molecule has 9 heteroatoms. The van der Waals surface area contributed by atoms with Gasteiger partial charge >= 0.3 is 6.18 Å². The summed E-state index contributed by atoms with van der Waals surface area (Å²) < 4.78 is 44.5. The molecule has 4 aromatic rings. The molecule has 2 aromatic carbocycles. The normalized spacial score (nSPS) is 16.0. The molecule has 3 heterocycles. The Morgan fingerprint density at radius 2 is 1.81 bits per heavy atom. The fraction of sp³-hybridized carbons (Fsp3) is 0.353. The first kappa shape index (κ1) is 30.3. The van der Waals surface area contributed by atoms with Crippen LogP contribution < -0.4 is 5.32 Å². The van der Waals surface area contributed by atoms with Crippen LogP contribution in [0, 0.1) is 31.1 Å². The number of hydrogen-bond acceptors (Lipinski definition) is 4. The van der Waals surface area contributed by atoms with Crippen molar-refractivity contribution in [3.05, 3.63) is 100.0 Å². The van der Waals surface area contributed by atoms with Crippen LogP contribution in [0.3, 0.4) is 0 Å². The Labute approximate surface area is 250 Å². The van der Waals surface area contributed by atoms with Crippen molar-refractivity contribution in [3.63, 3.8) is 0 Å². The minimum Gasteiger partial charge on any atom is -0.322 e. The van der Waals surface area contributed by atoms with E-state index in [-0.39, 0.29) is 23.2 Å². The fourth-order valence-corrected chi connectivity index (χ4v) is 5.78. The van der Waals surface area contributed by atoms with E-state index >= 15 is 0 Å². The number of pyridine rings is 1. The van der Waals surface area contributed by atoms with Gasteiger partial charge in [-0.1, -0.05) is 38.0 Å². The highest BCUT2D eigenvalue weighted by Gasteiger charge is 2.35. The SMILES string of the molecule is Cc1ccc(C(=O)Nc2ccc(CN3CCN(C)CC(C)(C)C3)c(C(F)(F)F)c2)cc1C#Cc1c(C)nc2ccccn12. The van der Waals surface area contributed by atoms with E-state index in [2.05, 4.69) is 45.8 Å². The lowest BCUT2D eigenvalue weighted by Gasteiger charge is -2.30. The molecule has 5 rings (SSSR count). The van der Waals surface area contributed by atoms with Crippen molar-refractivity contribution < 1.29 is 18.0 Å². The standard InChI is InChI=1S/C34H36F3N5O/c1-23-9-10-26(18-25(23)12-14-30-24(2)38-31-8-6-7-15-42(30)31)32(43)39-28-13-11-27(29(19-28)34(35,36)37)20-41-17-16-40(5)21-33(3,4)22-41/h6-11,13,15,18-19H,16-17,20-22H2,1-5H3,(H,39,43). The molecule has 2 aromatic heterocycles. The van der Waals surface area contributed by atoms with E-state index in [1.807, 2.05) is 49.7 Å². The van der Waals surface area contributed by atoms with Crippen molar-refractivity contribution in [2.75, 3.05) is 38.5 Å². The summed E-state index contributed by atoms with van der Waals surface area (Å²) >= 11 is 0. The molecule has 0 atom stereocenters. The molecule has 43 heavy (non-hydrogen) atoms. The second-order valence-corrected chi connectivity index (χ2v) is 12.2. The number of aromatic nitrogens is 2. The largest absolute Gasteiger partial charge is 0.416 e. The van der Waals surface area contributed by atoms with Gasteiger partial charge in [-0.3, -0.25) is 14.1 Å². The molecule has 224 valence electrons. The number of nitrogens with zero attached hydrogens (tertiary/aromatic N) is 4. The zero-order valence-corrected chi connectivity index (χ0v) is 25.1. The summed E-state index contributed by atoms with van der Waals surface area (Å²) in [7, 11) is 2.04. The molecule has 1 fully saturated rings. The Hall–Kier alpha value is -4.13. The van der Waals surface area contributed by atoms with E-state index < -0.39 is 17.6 Å². The first-order valence-electron chi connectivity index (χ1n) is 14.3. The number of aryl methyl sites for hydroxylation is 2. The predicted octanol–water partition coefficient (Wildman–Crippen LogP) is 6.40. The monoisotopic (exact) mass is 587 g/mol. The third kappa shape index (κ3) is 7.10. The average Bonchev–Trinajstić information content (AvgIpc) is 3.18. The van der Waals surface area contributed by atoms with Gasteiger partial charge in [-0.2, -0.15) is 13.2 Å². The van der Waals surface area contributed by atoms with E-state index in [0.717, 1.165) is 41.8 Å². The number of likely N-dealkylation sites (N-methyl/N-ethyl adjacent to an activating group) is 1. The van der Waals surface area contributed by atoms with E-state index in [0.29, 0.717) is 24.2 Å². The maximum Gasteiger partial charge on any atom is 0.416 e. The number of amides is 1. The second-order valence-electron chi connectivity index (χ2n) is 12.2. The summed E-state index contributed by atoms with van der Waals surface area (Å²) in [6, 6.07) is 14.9. The molecule has 0 radical (unpaired) electrons. The quantitative estimate of drug-likeness (QED) is 0.281. The van der Waals surface area contributed by atoms with E-state index in [4.69, 9.17) is 0 Å². The van der Waals surface area contributed by atoms with E-state index in [9.17, 15) is 18.0 Å². The zero-order chi connectivity index (χ0) is 30.9. The van der Waals surface area contributed by atoms with Gasteiger partial charge in [0.1, 0.15) is 11.3 Å². The zero-order valence-electron chi connectivity index (χ0n) is 25.1. The molecule has 1 aliphatic rings. The maximum atomic E-state index is 14.2. The molecule has 1 saturated heterocycles. The molecule has 0 saturated carbocycles. The Bertz CT molecular complexity index is 1730. The molecule has 1 amide bonds. The Kier molecular flexibility index (Phi) is 8.37. The van der Waals surface area contributed by atoms with Crippen LogP contribution in [0.15, 0.2) is 60.8 Å². The van der Waals surface area contributed by atoms with Crippen LogP contribution in [0.25, 0.3) is 5.65 Å². The van der Waals surface area contributed by atoms with Crippen molar-refractivity contribution in [1.82, 2.24) is 19.2 Å². The Balaban J connectivity index is 1.37. The van der Waals surface area contributed by atoms with Crippen molar-refractivity contribution in [2.45, 2.75) is 40.4 Å². The molecule has 6 nitrogen and oxygen atoms in total. The number of alkyl halides is 3. The van der Waals surface area contributed by atoms with Gasteiger partial charge in [-0.25, -0.2) is 4.98 Å². The Morgan fingerprint density at radius 1 is 1.02 bits per heavy atom. The maximum absolute atomic E-state index is 14.2. The van der Waals surface area contributed by atoms with Gasteiger partial charge in [-0.05, 0) is 79.8 Å². The van der Waals surface area contributed by atoms with Gasteiger partial charge in [0.15, 0.2) is 0 Å². The second kappa shape index (κ2) is 11.9. The number of halogens is 3. The highest BCUT2D eigenvalue weighted by Crippen LogP contribution is 2.35. The number of nitrogens with one attached hydrogen (secondary N) is 1. The number of benzene rings is 2. The highest BCUT2D eigenvalue weighted by atomic mass is 19.4. The molecule has 0 bridgehead atoms. The fourth-order valence-electron chi connectivity index (χ4n) is 5.78. The van der Waals surface area contributed by atoms with Gasteiger partial charge in [0.05, 0.1) is 11.3 Å². The summed E-state index contributed by atoms with van der Waals surface area (Å²) in [4.78, 5) is 22.0. The van der Waals surface area contributed by atoms with Crippen molar-refractivity contribution in [2.24, 2.45) is 5.41 Å². The van der Waals surface area contributed by atoms with Gasteiger partial charge in [0.2, 0.25) is 0 Å². The first-order valence-corrected chi connectivity index (χ1v) is 14.3. The minimum atomic E-state index is -4.56. The first-order chi connectivity index (χ1) is 20.3. The molecular formula is C34H36F3N5O. The molecule has 0 aliphatic carbocycles. The van der Waals surface area contributed by atoms with Crippen LogP contribution in [-0.2, 0) is 12.7 Å². The predicted molar refractivity (Wildman–Crippen MR) is 163 cm³/mol. The minimum absolute atomic E-state index is 0.0413. The van der Waals surface area contributed by atoms with Crippen LogP contribution in [-0.4, -0.2) is 58.3 Å². The van der Waals surface area contributed by atoms with Gasteiger partial charge < -0.3 is 10.2 Å². The smallest absolute Gasteiger partial charge is 0.322 e. The number of carbonyl (C=O) groups is 1. The number of rotatable bonds is 4. The van der Waals surface area contributed by atoms with Crippen LogP contribution in [0.5, 0.6) is 0 Å². The summed E-state index contributed by atoms with van der Waals surface area (Å²) in [5.41, 5.74) is 3.67. The third-order valence-corrected chi connectivity index (χ3v) is 7.73. The van der Waals surface area contributed by atoms with Crippen molar-refractivity contribution in [1.29, 1.82) is 0 Å². The lowest BCUT2D eigenvalue weighted by atomic mass is 9.92. The van der Waals surface area contributed by atoms with Crippen molar-refractivity contribution >= 4 is 17.2 Å². The molecule has 1 aliphatic heterocycles. The van der Waals surface area contributed by atoms with E-state index in [1.165, 1.54) is 6.07 Å². The lowest BCUT2D eigenvalue weighted by Crippen LogP contribution is -2.35. The third-order valence-electron chi connectivity index (χ3n) is 7.73. The van der Waals surface area contributed by atoms with Gasteiger partial charge in [-0.15, -0.1) is 0 Å². The number of imidazole rings is 1. The number of hydrogen-bond donors (Lipinski definition) is 1. The summed E-state index contributed by atoms with van der Waals surface area (Å²) in [5, 5.41) is 2.66. The molecule has 1 N–H and O–H groups in total. The average molecular weight is 588 g/mol. The van der Waals surface area contributed by atoms with Crippen molar-refractivity contribution in [3.8, 4) is 11.8 Å². The molecule has 0 unspecified atom stereocenters. The lowest BCUT2D eigenvalue weighted by molar-refractivity contribution is -0.138. The number of carbonyl (C=O) groups excluding carboxylic acids is 1. The Morgan fingerprint density at radius 3 is 2.58 bits per heavy atom. The number of anilines is 1. The summed E-state index contributed by atoms with van der Waals surface area (Å²) in [6.07, 6.45) is -2.67. The van der Waals surface area contributed by atoms with Crippen LogP contribution in [0.4, 0.5) is 18.9 Å². The number of fused-ring (bicyclic) bond motifs is 1. The highest BCUT2D eigenvalue weighted by molar-refractivity contribution is 6.04. The summed E-state index contributed by atoms with van der Waals surface area (Å²) in [6.45, 7) is 11.3. The summed E-state index contributed by atoms with van der Waals surface area (Å²) in [5.74, 6) is 5.81. The topological polar surface area (TPSA) is 52.9 Å². The van der Waals surface area contributed by atoms with Crippen LogP contribution in [0.2, 0.25) is 0 Å². The van der Waals surface area contributed by atoms with Crippen LogP contribution in [0.1, 0.15) is 57.8 Å². The van der Waals surface area contributed by atoms with E-state index in [1.54, 1.807) is 24.3 Å². The van der Waals surface area contributed by atoms with Gasteiger partial charge in [0.25, 0.3) is 5.91 Å². The molecule has 0 spiro atoms.